The lowest BCUT2D eigenvalue weighted by Crippen LogP contribution is -2.59. The van der Waals surface area contributed by atoms with E-state index in [1.807, 2.05) is 55.5 Å². The minimum Gasteiger partial charge on any atom is -0.497 e. The number of carbonyl (C=O) groups is 3. The van der Waals surface area contributed by atoms with E-state index in [0.717, 1.165) is 22.4 Å². The van der Waals surface area contributed by atoms with Gasteiger partial charge in [-0.3, -0.25) is 14.4 Å². The molecule has 4 rings (SSSR count). The van der Waals surface area contributed by atoms with Crippen LogP contribution in [0.1, 0.15) is 29.5 Å². The first kappa shape index (κ1) is 22.8. The molecule has 2 saturated heterocycles. The minimum absolute atomic E-state index is 0.0244. The van der Waals surface area contributed by atoms with Crippen LogP contribution in [0.4, 0.5) is 0 Å². The van der Waals surface area contributed by atoms with Crippen LogP contribution in [0.3, 0.4) is 0 Å². The van der Waals surface area contributed by atoms with Crippen molar-refractivity contribution >= 4 is 17.7 Å². The first-order chi connectivity index (χ1) is 15.9. The van der Waals surface area contributed by atoms with E-state index in [1.54, 1.807) is 21.8 Å². The van der Waals surface area contributed by atoms with Crippen LogP contribution < -0.4 is 4.74 Å². The molecule has 0 spiro atoms. The molecule has 3 amide bonds. The average molecular weight is 450 g/mol. The zero-order valence-corrected chi connectivity index (χ0v) is 19.3. The van der Waals surface area contributed by atoms with Gasteiger partial charge in [0.2, 0.25) is 17.7 Å². The van der Waals surface area contributed by atoms with Crippen molar-refractivity contribution in [2.75, 3.05) is 33.3 Å². The summed E-state index contributed by atoms with van der Waals surface area (Å²) < 4.78 is 5.18. The third kappa shape index (κ3) is 5.35. The molecule has 2 aliphatic rings. The Morgan fingerprint density at radius 2 is 1.82 bits per heavy atom. The highest BCUT2D eigenvalue weighted by atomic mass is 16.5. The highest BCUT2D eigenvalue weighted by molar-refractivity contribution is 5.95. The van der Waals surface area contributed by atoms with Gasteiger partial charge in [-0.1, -0.05) is 42.0 Å². The summed E-state index contributed by atoms with van der Waals surface area (Å²) in [5.74, 6) is 0.783. The van der Waals surface area contributed by atoms with Gasteiger partial charge in [0.1, 0.15) is 18.3 Å². The SMILES string of the molecule is COc1ccc(CCC(=O)N2CC[C@H]3C(=O)N(Cc4cccc(C)c4)CC(=O)N3CC2)cc1. The van der Waals surface area contributed by atoms with Crippen molar-refractivity contribution in [3.8, 4) is 5.75 Å². The van der Waals surface area contributed by atoms with E-state index in [9.17, 15) is 14.4 Å². The molecule has 0 saturated carbocycles. The molecule has 0 aliphatic carbocycles. The fourth-order valence-corrected chi connectivity index (χ4v) is 4.64. The van der Waals surface area contributed by atoms with E-state index in [0.29, 0.717) is 45.4 Å². The second-order valence-electron chi connectivity index (χ2n) is 8.80. The van der Waals surface area contributed by atoms with E-state index >= 15 is 0 Å². The Balaban J connectivity index is 1.36. The largest absolute Gasteiger partial charge is 0.497 e. The fourth-order valence-electron chi connectivity index (χ4n) is 4.64. The minimum atomic E-state index is -0.490. The van der Waals surface area contributed by atoms with Crippen molar-refractivity contribution in [2.24, 2.45) is 0 Å². The third-order valence-electron chi connectivity index (χ3n) is 6.50. The predicted molar refractivity (Wildman–Crippen MR) is 125 cm³/mol. The van der Waals surface area contributed by atoms with Crippen LogP contribution >= 0.6 is 0 Å². The molecule has 0 aromatic heterocycles. The maximum atomic E-state index is 13.2. The van der Waals surface area contributed by atoms with Gasteiger partial charge < -0.3 is 19.4 Å². The second-order valence-corrected chi connectivity index (χ2v) is 8.80. The van der Waals surface area contributed by atoms with Gasteiger partial charge in [-0.15, -0.1) is 0 Å². The van der Waals surface area contributed by atoms with Crippen LogP contribution in [0.5, 0.6) is 5.75 Å². The molecule has 33 heavy (non-hydrogen) atoms. The summed E-state index contributed by atoms with van der Waals surface area (Å²) in [6.45, 7) is 3.90. The molecule has 0 bridgehead atoms. The summed E-state index contributed by atoms with van der Waals surface area (Å²) in [5.41, 5.74) is 3.23. The summed E-state index contributed by atoms with van der Waals surface area (Å²) in [7, 11) is 1.63. The number of ether oxygens (including phenoxy) is 1. The van der Waals surface area contributed by atoms with Crippen molar-refractivity contribution in [1.82, 2.24) is 14.7 Å². The number of benzene rings is 2. The molecule has 0 radical (unpaired) electrons. The Bertz CT molecular complexity index is 1020. The molecule has 7 heteroatoms. The summed E-state index contributed by atoms with van der Waals surface area (Å²) in [6.07, 6.45) is 1.52. The van der Waals surface area contributed by atoms with Gasteiger partial charge in [0.25, 0.3) is 0 Å². The van der Waals surface area contributed by atoms with Gasteiger partial charge in [0.05, 0.1) is 7.11 Å². The third-order valence-corrected chi connectivity index (χ3v) is 6.50. The van der Waals surface area contributed by atoms with E-state index in [-0.39, 0.29) is 24.3 Å². The Morgan fingerprint density at radius 1 is 1.03 bits per heavy atom. The molecule has 0 unspecified atom stereocenters. The molecule has 7 nitrogen and oxygen atoms in total. The predicted octanol–water partition coefficient (Wildman–Crippen LogP) is 2.41. The molecular weight excluding hydrogens is 418 g/mol. The molecule has 2 fully saturated rings. The number of methoxy groups -OCH3 is 1. The highest BCUT2D eigenvalue weighted by Crippen LogP contribution is 2.22. The smallest absolute Gasteiger partial charge is 0.246 e. The van der Waals surface area contributed by atoms with Crippen LogP contribution in [-0.4, -0.2) is 71.8 Å². The van der Waals surface area contributed by atoms with E-state index in [2.05, 4.69) is 0 Å². The summed E-state index contributed by atoms with van der Waals surface area (Å²) in [5, 5.41) is 0. The highest BCUT2D eigenvalue weighted by Gasteiger charge is 2.41. The molecular formula is C26H31N3O4. The normalized spacial score (nSPS) is 18.7. The van der Waals surface area contributed by atoms with E-state index in [4.69, 9.17) is 4.74 Å². The molecule has 2 heterocycles. The maximum Gasteiger partial charge on any atom is 0.246 e. The lowest BCUT2D eigenvalue weighted by Gasteiger charge is -2.39. The number of rotatable bonds is 6. The molecule has 2 aromatic carbocycles. The molecule has 174 valence electrons. The fraction of sp³-hybridized carbons (Fsp3) is 0.423. The topological polar surface area (TPSA) is 70.2 Å². The quantitative estimate of drug-likeness (QED) is 0.679. The Morgan fingerprint density at radius 3 is 2.55 bits per heavy atom. The number of amides is 3. The number of carbonyl (C=O) groups excluding carboxylic acids is 3. The monoisotopic (exact) mass is 449 g/mol. The van der Waals surface area contributed by atoms with Gasteiger partial charge in [-0.25, -0.2) is 0 Å². The number of aryl methyl sites for hydroxylation is 2. The maximum absolute atomic E-state index is 13.2. The summed E-state index contributed by atoms with van der Waals surface area (Å²) >= 11 is 0. The lowest BCUT2D eigenvalue weighted by molar-refractivity contribution is -0.156. The van der Waals surface area contributed by atoms with Gasteiger partial charge in [0.15, 0.2) is 0 Å². The summed E-state index contributed by atoms with van der Waals surface area (Å²) in [4.78, 5) is 44.0. The number of hydrogen-bond donors (Lipinski definition) is 0. The molecule has 1 atom stereocenters. The van der Waals surface area contributed by atoms with Gasteiger partial charge in [-0.2, -0.15) is 0 Å². The zero-order chi connectivity index (χ0) is 23.4. The van der Waals surface area contributed by atoms with Crippen LogP contribution in [0, 0.1) is 6.92 Å². The van der Waals surface area contributed by atoms with E-state index in [1.165, 1.54) is 0 Å². The first-order valence-electron chi connectivity index (χ1n) is 11.5. The van der Waals surface area contributed by atoms with E-state index < -0.39 is 6.04 Å². The molecule has 0 N–H and O–H groups in total. The van der Waals surface area contributed by atoms with Crippen molar-refractivity contribution in [3.05, 3.63) is 65.2 Å². The second kappa shape index (κ2) is 10.1. The Kier molecular flexibility index (Phi) is 6.96. The molecule has 2 aromatic rings. The summed E-state index contributed by atoms with van der Waals surface area (Å²) in [6, 6.07) is 15.2. The zero-order valence-electron chi connectivity index (χ0n) is 19.3. The van der Waals surface area contributed by atoms with Gasteiger partial charge >= 0.3 is 0 Å². The lowest BCUT2D eigenvalue weighted by atomic mass is 10.1. The number of piperazine rings is 1. The van der Waals surface area contributed by atoms with Crippen LogP contribution in [0.2, 0.25) is 0 Å². The van der Waals surface area contributed by atoms with Crippen molar-refractivity contribution < 1.29 is 19.1 Å². The number of fused-ring (bicyclic) bond motifs is 1. The van der Waals surface area contributed by atoms with Crippen LogP contribution in [0.25, 0.3) is 0 Å². The van der Waals surface area contributed by atoms with Crippen LogP contribution in [-0.2, 0) is 27.3 Å². The molecule has 2 aliphatic heterocycles. The Labute approximate surface area is 194 Å². The van der Waals surface area contributed by atoms with Crippen molar-refractivity contribution in [3.63, 3.8) is 0 Å². The van der Waals surface area contributed by atoms with Crippen molar-refractivity contribution in [1.29, 1.82) is 0 Å². The van der Waals surface area contributed by atoms with Gasteiger partial charge in [-0.05, 0) is 43.0 Å². The van der Waals surface area contributed by atoms with Gasteiger partial charge in [0, 0.05) is 32.6 Å². The number of hydrogen-bond acceptors (Lipinski definition) is 4. The average Bonchev–Trinajstić information content (AvgIpc) is 3.05. The standard InChI is InChI=1S/C26H31N3O4/c1-19-4-3-5-21(16-19)17-28-18-25(31)29-15-14-27(13-12-23(29)26(28)32)24(30)11-8-20-6-9-22(33-2)10-7-20/h3-7,9-10,16,23H,8,11-15,17-18H2,1-2H3/t23-/m0/s1. The van der Waals surface area contributed by atoms with Crippen molar-refractivity contribution in [2.45, 2.75) is 38.8 Å². The Hall–Kier alpha value is -3.35. The first-order valence-corrected chi connectivity index (χ1v) is 11.5. The van der Waals surface area contributed by atoms with Crippen LogP contribution in [0.15, 0.2) is 48.5 Å². The number of nitrogens with zero attached hydrogens (tertiary/aromatic N) is 3.